The van der Waals surface area contributed by atoms with Gasteiger partial charge in [-0.3, -0.25) is 4.79 Å². The van der Waals surface area contributed by atoms with Crippen molar-refractivity contribution in [1.82, 2.24) is 4.90 Å². The molecule has 90 valence electrons. The average Bonchev–Trinajstić information content (AvgIpc) is 2.99. The van der Waals surface area contributed by atoms with Gasteiger partial charge in [0.2, 0.25) is 5.91 Å². The van der Waals surface area contributed by atoms with Crippen molar-refractivity contribution in [2.75, 3.05) is 6.54 Å². The lowest BCUT2D eigenvalue weighted by Crippen LogP contribution is -2.36. The summed E-state index contributed by atoms with van der Waals surface area (Å²) in [5.41, 5.74) is 6.97. The molecule has 2 heterocycles. The average molecular weight is 249 g/mol. The number of rotatable bonds is 3. The fraction of sp³-hybridized carbons (Fsp3) is 0.500. The summed E-state index contributed by atoms with van der Waals surface area (Å²) in [5.74, 6) is -0.00671. The van der Waals surface area contributed by atoms with Crippen molar-refractivity contribution in [3.05, 3.63) is 22.4 Å². The number of hydrogen-bond donors (Lipinski definition) is 1. The van der Waals surface area contributed by atoms with Crippen molar-refractivity contribution >= 4 is 17.2 Å². The van der Waals surface area contributed by atoms with E-state index in [1.807, 2.05) is 16.8 Å². The second-order valence-electron chi connectivity index (χ2n) is 4.24. The van der Waals surface area contributed by atoms with Gasteiger partial charge >= 0.3 is 0 Å². The third-order valence-corrected chi connectivity index (χ3v) is 3.79. The molecule has 2 atom stereocenters. The van der Waals surface area contributed by atoms with Crippen LogP contribution in [0.25, 0.3) is 0 Å². The van der Waals surface area contributed by atoms with Crippen molar-refractivity contribution in [1.29, 1.82) is 5.26 Å². The third-order valence-electron chi connectivity index (χ3n) is 3.09. The van der Waals surface area contributed by atoms with E-state index < -0.39 is 0 Å². The van der Waals surface area contributed by atoms with Gasteiger partial charge in [-0.25, -0.2) is 0 Å². The second-order valence-corrected chi connectivity index (χ2v) is 5.02. The molecule has 5 heteroatoms. The fourth-order valence-corrected chi connectivity index (χ4v) is 2.83. The van der Waals surface area contributed by atoms with Crippen LogP contribution in [0.5, 0.6) is 0 Å². The minimum atomic E-state index is -0.256. The van der Waals surface area contributed by atoms with Crippen molar-refractivity contribution in [2.24, 2.45) is 5.73 Å². The Balaban J connectivity index is 1.95. The molecule has 2 rings (SSSR count). The largest absolute Gasteiger partial charge is 0.327 e. The zero-order valence-corrected chi connectivity index (χ0v) is 10.3. The van der Waals surface area contributed by atoms with Crippen LogP contribution in [-0.2, 0) is 4.79 Å². The summed E-state index contributed by atoms with van der Waals surface area (Å²) >= 11 is 1.58. The molecular formula is C12H15N3OS. The van der Waals surface area contributed by atoms with Crippen molar-refractivity contribution in [2.45, 2.75) is 31.3 Å². The number of thiophene rings is 1. The number of carbonyl (C=O) groups is 1. The second kappa shape index (κ2) is 5.30. The first-order chi connectivity index (χ1) is 8.22. The lowest BCUT2D eigenvalue weighted by molar-refractivity contribution is -0.131. The van der Waals surface area contributed by atoms with E-state index in [4.69, 9.17) is 11.0 Å². The minimum absolute atomic E-state index is 0.00671. The van der Waals surface area contributed by atoms with Crippen molar-refractivity contribution < 1.29 is 4.79 Å². The molecule has 1 aliphatic rings. The van der Waals surface area contributed by atoms with Gasteiger partial charge in [-0.1, -0.05) is 0 Å². The molecular weight excluding hydrogens is 234 g/mol. The molecule has 0 radical (unpaired) electrons. The van der Waals surface area contributed by atoms with Gasteiger partial charge in [0, 0.05) is 19.0 Å². The Kier molecular flexibility index (Phi) is 3.77. The Hall–Kier alpha value is -1.38. The Morgan fingerprint density at radius 1 is 1.76 bits per heavy atom. The smallest absolute Gasteiger partial charge is 0.225 e. The molecule has 1 aliphatic heterocycles. The summed E-state index contributed by atoms with van der Waals surface area (Å²) in [5, 5.41) is 12.8. The molecule has 1 amide bonds. The summed E-state index contributed by atoms with van der Waals surface area (Å²) in [6, 6.07) is 3.60. The maximum atomic E-state index is 12.0. The van der Waals surface area contributed by atoms with Gasteiger partial charge in [0.25, 0.3) is 0 Å². The number of amides is 1. The van der Waals surface area contributed by atoms with E-state index >= 15 is 0 Å². The van der Waals surface area contributed by atoms with E-state index in [1.165, 1.54) is 0 Å². The Labute approximate surface area is 105 Å². The van der Waals surface area contributed by atoms with Gasteiger partial charge in [-0.2, -0.15) is 16.6 Å². The Morgan fingerprint density at radius 2 is 2.59 bits per heavy atom. The molecule has 0 bridgehead atoms. The number of carbonyl (C=O) groups excluding carboxylic acids is 1. The summed E-state index contributed by atoms with van der Waals surface area (Å²) in [4.78, 5) is 13.7. The van der Waals surface area contributed by atoms with E-state index in [0.29, 0.717) is 6.54 Å². The fourth-order valence-electron chi connectivity index (χ4n) is 2.11. The normalized spacial score (nSPS) is 21.2. The van der Waals surface area contributed by atoms with Crippen LogP contribution in [0.3, 0.4) is 0 Å². The predicted octanol–water partition coefficient (Wildman–Crippen LogP) is 1.65. The predicted molar refractivity (Wildman–Crippen MR) is 66.2 cm³/mol. The van der Waals surface area contributed by atoms with Gasteiger partial charge < -0.3 is 10.6 Å². The van der Waals surface area contributed by atoms with Gasteiger partial charge in [0.1, 0.15) is 6.04 Å². The van der Waals surface area contributed by atoms with Gasteiger partial charge in [-0.05, 0) is 35.2 Å². The summed E-state index contributed by atoms with van der Waals surface area (Å²) in [7, 11) is 0. The van der Waals surface area contributed by atoms with E-state index in [0.717, 1.165) is 18.4 Å². The highest BCUT2D eigenvalue weighted by molar-refractivity contribution is 7.07. The summed E-state index contributed by atoms with van der Waals surface area (Å²) in [6.07, 6.45) is 1.99. The molecule has 1 fully saturated rings. The van der Waals surface area contributed by atoms with Crippen LogP contribution in [0, 0.1) is 11.3 Å². The number of hydrogen-bond acceptors (Lipinski definition) is 4. The third kappa shape index (κ3) is 2.65. The lowest BCUT2D eigenvalue weighted by Gasteiger charge is -2.21. The molecule has 1 aromatic heterocycles. The molecule has 2 N–H and O–H groups in total. The molecule has 17 heavy (non-hydrogen) atoms. The van der Waals surface area contributed by atoms with Gasteiger partial charge in [0.05, 0.1) is 6.07 Å². The minimum Gasteiger partial charge on any atom is -0.327 e. The van der Waals surface area contributed by atoms with Crippen molar-refractivity contribution in [3.8, 4) is 6.07 Å². The van der Waals surface area contributed by atoms with Crippen LogP contribution in [0.15, 0.2) is 16.8 Å². The van der Waals surface area contributed by atoms with Crippen molar-refractivity contribution in [3.63, 3.8) is 0 Å². The maximum absolute atomic E-state index is 12.0. The van der Waals surface area contributed by atoms with Crippen LogP contribution >= 0.6 is 11.3 Å². The molecule has 1 aromatic rings. The Morgan fingerprint density at radius 3 is 3.24 bits per heavy atom. The number of likely N-dealkylation sites (tertiary alicyclic amines) is 1. The Bertz CT molecular complexity index is 423. The highest BCUT2D eigenvalue weighted by atomic mass is 32.1. The molecule has 1 saturated heterocycles. The van der Waals surface area contributed by atoms with Crippen LogP contribution in [0.1, 0.15) is 30.9 Å². The molecule has 0 saturated carbocycles. The maximum Gasteiger partial charge on any atom is 0.225 e. The van der Waals surface area contributed by atoms with Crippen LogP contribution < -0.4 is 5.73 Å². The topological polar surface area (TPSA) is 70.1 Å². The molecule has 4 nitrogen and oxygen atoms in total. The molecule has 0 aliphatic carbocycles. The molecule has 1 unspecified atom stereocenters. The highest BCUT2D eigenvalue weighted by Gasteiger charge is 2.29. The number of nitrogens with two attached hydrogens (primary N) is 1. The van der Waals surface area contributed by atoms with E-state index in [-0.39, 0.29) is 24.4 Å². The zero-order chi connectivity index (χ0) is 12.3. The van der Waals surface area contributed by atoms with Crippen LogP contribution in [-0.4, -0.2) is 23.4 Å². The summed E-state index contributed by atoms with van der Waals surface area (Å²) < 4.78 is 0. The zero-order valence-electron chi connectivity index (χ0n) is 9.50. The van der Waals surface area contributed by atoms with E-state index in [9.17, 15) is 4.79 Å². The van der Waals surface area contributed by atoms with Gasteiger partial charge in [0.15, 0.2) is 0 Å². The lowest BCUT2D eigenvalue weighted by atomic mass is 10.1. The molecule has 0 spiro atoms. The number of nitrogens with zero attached hydrogens (tertiary/aromatic N) is 2. The van der Waals surface area contributed by atoms with E-state index in [1.54, 1.807) is 16.2 Å². The van der Waals surface area contributed by atoms with E-state index in [2.05, 4.69) is 6.07 Å². The van der Waals surface area contributed by atoms with Crippen LogP contribution in [0.4, 0.5) is 0 Å². The first kappa shape index (κ1) is 12.1. The summed E-state index contributed by atoms with van der Waals surface area (Å²) in [6.45, 7) is 0.688. The first-order valence-corrected chi connectivity index (χ1v) is 6.63. The van der Waals surface area contributed by atoms with Gasteiger partial charge in [-0.15, -0.1) is 0 Å². The number of nitriles is 1. The standard InChI is InChI=1S/C12H15N3OS/c13-7-10-2-1-4-15(10)12(16)6-11(14)9-3-5-17-8-9/h3,5,8,10-11H,1-2,4,6,14H2/t10-,11?/m1/s1. The quantitative estimate of drug-likeness (QED) is 0.885. The molecule has 0 aromatic carbocycles. The SMILES string of the molecule is N#C[C@H]1CCCN1C(=O)CC(N)c1ccsc1. The highest BCUT2D eigenvalue weighted by Crippen LogP contribution is 2.22. The monoisotopic (exact) mass is 249 g/mol. The first-order valence-electron chi connectivity index (χ1n) is 5.69. The van der Waals surface area contributed by atoms with Crippen LogP contribution in [0.2, 0.25) is 0 Å².